The molecule has 16 heavy (non-hydrogen) atoms. The maximum Gasteiger partial charge on any atom is 0.311 e. The molecule has 0 aromatic carbocycles. The number of aromatic nitrogens is 1. The Kier molecular flexibility index (Phi) is 3.31. The van der Waals surface area contributed by atoms with Crippen LogP contribution in [0, 0.1) is 15.5 Å². The monoisotopic (exact) mass is 224 g/mol. The Hall–Kier alpha value is -1.85. The lowest BCUT2D eigenvalue weighted by Gasteiger charge is -2.19. The van der Waals surface area contributed by atoms with E-state index < -0.39 is 4.92 Å². The Labute approximate surface area is 94.0 Å². The minimum absolute atomic E-state index is 0.0658. The van der Waals surface area contributed by atoms with Crippen LogP contribution >= 0.6 is 0 Å². The molecule has 6 heteroatoms. The van der Waals surface area contributed by atoms with Crippen molar-refractivity contribution in [1.82, 2.24) is 4.98 Å². The fourth-order valence-corrected chi connectivity index (χ4v) is 1.08. The van der Waals surface area contributed by atoms with Gasteiger partial charge in [0.1, 0.15) is 5.82 Å². The third-order valence-corrected chi connectivity index (χ3v) is 1.90. The molecule has 0 fully saturated rings. The van der Waals surface area contributed by atoms with E-state index in [1.165, 1.54) is 6.07 Å². The standard InChI is InChI=1S/C10H16N4O2/c1-10(2,3)6-12-8-5-4-7(14(15)16)9(11)13-8/h4-5H,6H2,1-3H3,(H3,11,12,13). The van der Waals surface area contributed by atoms with E-state index in [0.717, 1.165) is 6.54 Å². The molecule has 6 nitrogen and oxygen atoms in total. The predicted molar refractivity (Wildman–Crippen MR) is 63.2 cm³/mol. The second kappa shape index (κ2) is 4.34. The number of anilines is 2. The molecule has 0 aliphatic rings. The predicted octanol–water partition coefficient (Wildman–Crippen LogP) is 2.03. The normalized spacial score (nSPS) is 11.2. The third-order valence-electron chi connectivity index (χ3n) is 1.90. The smallest absolute Gasteiger partial charge is 0.311 e. The van der Waals surface area contributed by atoms with Gasteiger partial charge in [-0.25, -0.2) is 4.98 Å². The molecule has 1 aromatic heterocycles. The molecule has 0 bridgehead atoms. The summed E-state index contributed by atoms with van der Waals surface area (Å²) in [6.45, 7) is 6.95. The molecular formula is C10H16N4O2. The molecule has 1 aromatic rings. The summed E-state index contributed by atoms with van der Waals surface area (Å²) < 4.78 is 0. The van der Waals surface area contributed by atoms with Crippen LogP contribution in [0.1, 0.15) is 20.8 Å². The second-order valence-electron chi connectivity index (χ2n) is 4.77. The number of hydrogen-bond donors (Lipinski definition) is 2. The zero-order valence-corrected chi connectivity index (χ0v) is 9.65. The van der Waals surface area contributed by atoms with Crippen molar-refractivity contribution < 1.29 is 4.92 Å². The van der Waals surface area contributed by atoms with E-state index in [2.05, 4.69) is 31.1 Å². The zero-order chi connectivity index (χ0) is 12.3. The number of nitrogens with one attached hydrogen (secondary N) is 1. The van der Waals surface area contributed by atoms with Gasteiger partial charge in [-0.15, -0.1) is 0 Å². The lowest BCUT2D eigenvalue weighted by atomic mass is 9.97. The molecule has 1 heterocycles. The minimum atomic E-state index is -0.546. The summed E-state index contributed by atoms with van der Waals surface area (Å²) >= 11 is 0. The Morgan fingerprint density at radius 3 is 2.56 bits per heavy atom. The second-order valence-corrected chi connectivity index (χ2v) is 4.77. The largest absolute Gasteiger partial charge is 0.378 e. The van der Waals surface area contributed by atoms with Gasteiger partial charge < -0.3 is 11.1 Å². The third kappa shape index (κ3) is 3.38. The molecule has 88 valence electrons. The van der Waals surface area contributed by atoms with Crippen LogP contribution in [-0.4, -0.2) is 16.5 Å². The van der Waals surface area contributed by atoms with Gasteiger partial charge in [0.2, 0.25) is 5.82 Å². The van der Waals surface area contributed by atoms with E-state index in [-0.39, 0.29) is 16.9 Å². The van der Waals surface area contributed by atoms with E-state index in [1.54, 1.807) is 6.07 Å². The van der Waals surface area contributed by atoms with Crippen LogP contribution in [-0.2, 0) is 0 Å². The Balaban J connectivity index is 2.78. The van der Waals surface area contributed by atoms with Crippen LogP contribution in [0.2, 0.25) is 0 Å². The summed E-state index contributed by atoms with van der Waals surface area (Å²) in [4.78, 5) is 13.9. The van der Waals surface area contributed by atoms with Gasteiger partial charge in [0.25, 0.3) is 0 Å². The highest BCUT2D eigenvalue weighted by Gasteiger charge is 2.14. The molecule has 0 radical (unpaired) electrons. The van der Waals surface area contributed by atoms with Gasteiger partial charge in [-0.1, -0.05) is 20.8 Å². The van der Waals surface area contributed by atoms with E-state index in [9.17, 15) is 10.1 Å². The van der Waals surface area contributed by atoms with Crippen LogP contribution in [0.4, 0.5) is 17.3 Å². The highest BCUT2D eigenvalue weighted by molar-refractivity contribution is 5.57. The van der Waals surface area contributed by atoms with Crippen LogP contribution in [0.25, 0.3) is 0 Å². The van der Waals surface area contributed by atoms with Crippen LogP contribution in [0.5, 0.6) is 0 Å². The number of nitrogen functional groups attached to an aromatic ring is 1. The first-order valence-corrected chi connectivity index (χ1v) is 4.94. The molecule has 0 unspecified atom stereocenters. The van der Waals surface area contributed by atoms with Crippen molar-refractivity contribution >= 4 is 17.3 Å². The number of hydrogen-bond acceptors (Lipinski definition) is 5. The highest BCUT2D eigenvalue weighted by atomic mass is 16.6. The summed E-state index contributed by atoms with van der Waals surface area (Å²) in [6.07, 6.45) is 0. The first kappa shape index (κ1) is 12.2. The van der Waals surface area contributed by atoms with Crippen molar-refractivity contribution in [2.45, 2.75) is 20.8 Å². The van der Waals surface area contributed by atoms with E-state index in [0.29, 0.717) is 5.82 Å². The fraction of sp³-hybridized carbons (Fsp3) is 0.500. The summed E-state index contributed by atoms with van der Waals surface area (Å²) in [5.74, 6) is 0.488. The molecule has 0 saturated heterocycles. The molecule has 0 amide bonds. The van der Waals surface area contributed by atoms with Gasteiger partial charge in [-0.05, 0) is 11.5 Å². The van der Waals surface area contributed by atoms with Crippen molar-refractivity contribution in [2.75, 3.05) is 17.6 Å². The van der Waals surface area contributed by atoms with Crippen LogP contribution < -0.4 is 11.1 Å². The summed E-state index contributed by atoms with van der Waals surface area (Å²) in [5, 5.41) is 13.6. The number of pyridine rings is 1. The van der Waals surface area contributed by atoms with Gasteiger partial charge in [0, 0.05) is 12.6 Å². The molecule has 1 rings (SSSR count). The molecule has 3 N–H and O–H groups in total. The molecule has 0 aliphatic heterocycles. The molecule has 0 spiro atoms. The quantitative estimate of drug-likeness (QED) is 0.605. The Morgan fingerprint density at radius 1 is 1.50 bits per heavy atom. The number of nitrogens with two attached hydrogens (primary N) is 1. The summed E-state index contributed by atoms with van der Waals surface area (Å²) in [5.41, 5.74) is 5.41. The first-order valence-electron chi connectivity index (χ1n) is 4.94. The first-order chi connectivity index (χ1) is 7.29. The maximum atomic E-state index is 10.5. The van der Waals surface area contributed by atoms with Crippen molar-refractivity contribution in [3.8, 4) is 0 Å². The lowest BCUT2D eigenvalue weighted by Crippen LogP contribution is -2.19. The maximum absolute atomic E-state index is 10.5. The fourth-order valence-electron chi connectivity index (χ4n) is 1.08. The number of rotatable bonds is 3. The van der Waals surface area contributed by atoms with E-state index >= 15 is 0 Å². The summed E-state index contributed by atoms with van der Waals surface area (Å²) in [6, 6.07) is 2.91. The topological polar surface area (TPSA) is 94.1 Å². The zero-order valence-electron chi connectivity index (χ0n) is 9.65. The minimum Gasteiger partial charge on any atom is -0.378 e. The van der Waals surface area contributed by atoms with Gasteiger partial charge in [-0.2, -0.15) is 0 Å². The SMILES string of the molecule is CC(C)(C)CNc1ccc([N+](=O)[O-])c(N)n1. The van der Waals surface area contributed by atoms with E-state index in [1.807, 2.05) is 0 Å². The van der Waals surface area contributed by atoms with Crippen molar-refractivity contribution in [3.05, 3.63) is 22.2 Å². The molecule has 0 saturated carbocycles. The average molecular weight is 224 g/mol. The Morgan fingerprint density at radius 2 is 2.12 bits per heavy atom. The molecule has 0 atom stereocenters. The van der Waals surface area contributed by atoms with Crippen molar-refractivity contribution in [2.24, 2.45) is 5.41 Å². The van der Waals surface area contributed by atoms with Crippen molar-refractivity contribution in [1.29, 1.82) is 0 Å². The van der Waals surface area contributed by atoms with E-state index in [4.69, 9.17) is 5.73 Å². The van der Waals surface area contributed by atoms with Crippen molar-refractivity contribution in [3.63, 3.8) is 0 Å². The van der Waals surface area contributed by atoms with Crippen LogP contribution in [0.15, 0.2) is 12.1 Å². The summed E-state index contributed by atoms with van der Waals surface area (Å²) in [7, 11) is 0. The lowest BCUT2D eigenvalue weighted by molar-refractivity contribution is -0.384. The number of nitrogens with zero attached hydrogens (tertiary/aromatic N) is 2. The van der Waals surface area contributed by atoms with Crippen LogP contribution in [0.3, 0.4) is 0 Å². The van der Waals surface area contributed by atoms with Gasteiger partial charge >= 0.3 is 5.69 Å². The molecular weight excluding hydrogens is 208 g/mol. The average Bonchev–Trinajstić information content (AvgIpc) is 2.13. The Bertz CT molecular complexity index is 398. The van der Waals surface area contributed by atoms with Gasteiger partial charge in [0.05, 0.1) is 4.92 Å². The number of nitro groups is 1. The highest BCUT2D eigenvalue weighted by Crippen LogP contribution is 2.21. The molecule has 0 aliphatic carbocycles. The van der Waals surface area contributed by atoms with Gasteiger partial charge in [-0.3, -0.25) is 10.1 Å². The van der Waals surface area contributed by atoms with Gasteiger partial charge in [0.15, 0.2) is 0 Å².